The Bertz CT molecular complexity index is 397. The molecule has 94 valence electrons. The molecule has 1 aromatic rings. The van der Waals surface area contributed by atoms with Crippen LogP contribution >= 0.6 is 0 Å². The second-order valence-corrected chi connectivity index (χ2v) is 4.16. The Labute approximate surface area is 101 Å². The fourth-order valence-corrected chi connectivity index (χ4v) is 1.33. The van der Waals surface area contributed by atoms with E-state index in [-0.39, 0.29) is 23.2 Å². The molecule has 17 heavy (non-hydrogen) atoms. The first-order chi connectivity index (χ1) is 7.88. The Morgan fingerprint density at radius 1 is 1.12 bits per heavy atom. The van der Waals surface area contributed by atoms with Crippen molar-refractivity contribution < 1.29 is 9.59 Å². The van der Waals surface area contributed by atoms with Crippen molar-refractivity contribution in [2.45, 2.75) is 13.3 Å². The lowest BCUT2D eigenvalue weighted by atomic mass is 10.2. The highest BCUT2D eigenvalue weighted by molar-refractivity contribution is 6.04. The third kappa shape index (κ3) is 2.64. The molecule has 6 heteroatoms. The number of hydrogen-bond acceptors (Lipinski definition) is 3. The number of rotatable bonds is 3. The van der Waals surface area contributed by atoms with Crippen LogP contribution in [0, 0.1) is 0 Å². The molecule has 0 saturated heterocycles. The molecule has 0 bridgehead atoms. The Morgan fingerprint density at radius 2 is 1.65 bits per heavy atom. The van der Waals surface area contributed by atoms with Crippen LogP contribution in [-0.4, -0.2) is 59.8 Å². The van der Waals surface area contributed by atoms with Crippen LogP contribution in [0.3, 0.4) is 0 Å². The molecule has 0 unspecified atom stereocenters. The first kappa shape index (κ1) is 13.2. The minimum atomic E-state index is -0.272. The average Bonchev–Trinajstić information content (AvgIpc) is 2.70. The summed E-state index contributed by atoms with van der Waals surface area (Å²) >= 11 is 0. The number of carbonyl (C=O) groups is 2. The highest BCUT2D eigenvalue weighted by Crippen LogP contribution is 2.11. The monoisotopic (exact) mass is 238 g/mol. The molecule has 0 aliphatic heterocycles. The lowest BCUT2D eigenvalue weighted by molar-refractivity contribution is 0.0784. The topological polar surface area (TPSA) is 69.3 Å². The van der Waals surface area contributed by atoms with Gasteiger partial charge in [-0.15, -0.1) is 0 Å². The normalized spacial score (nSPS) is 10.2. The van der Waals surface area contributed by atoms with Crippen molar-refractivity contribution in [2.75, 3.05) is 28.2 Å². The van der Waals surface area contributed by atoms with Gasteiger partial charge in [0.2, 0.25) is 0 Å². The number of hydrogen-bond donors (Lipinski definition) is 1. The Balaban J connectivity index is 3.24. The zero-order valence-corrected chi connectivity index (χ0v) is 10.9. The maximum Gasteiger partial charge on any atom is 0.274 e. The Kier molecular flexibility index (Phi) is 3.88. The van der Waals surface area contributed by atoms with Gasteiger partial charge in [0.25, 0.3) is 11.8 Å². The number of H-pyrrole nitrogens is 1. The van der Waals surface area contributed by atoms with E-state index >= 15 is 0 Å². The molecule has 0 aliphatic rings. The molecule has 1 rings (SSSR count). The van der Waals surface area contributed by atoms with Crippen molar-refractivity contribution in [2.24, 2.45) is 0 Å². The summed E-state index contributed by atoms with van der Waals surface area (Å²) in [5.41, 5.74) is 0.441. The summed E-state index contributed by atoms with van der Waals surface area (Å²) in [4.78, 5) is 33.7. The largest absolute Gasteiger partial charge is 0.343 e. The maximum absolute atomic E-state index is 11.9. The summed E-state index contributed by atoms with van der Waals surface area (Å²) in [6, 6.07) is 0. The van der Waals surface area contributed by atoms with Crippen LogP contribution in [0.1, 0.15) is 33.7 Å². The Hall–Kier alpha value is -1.85. The van der Waals surface area contributed by atoms with Gasteiger partial charge in [0.1, 0.15) is 11.5 Å². The first-order valence-corrected chi connectivity index (χ1v) is 5.40. The van der Waals surface area contributed by atoms with E-state index in [1.54, 1.807) is 28.2 Å². The van der Waals surface area contributed by atoms with E-state index in [9.17, 15) is 9.59 Å². The second-order valence-electron chi connectivity index (χ2n) is 4.16. The van der Waals surface area contributed by atoms with Gasteiger partial charge in [0.15, 0.2) is 5.69 Å². The van der Waals surface area contributed by atoms with E-state index in [4.69, 9.17) is 0 Å². The predicted molar refractivity (Wildman–Crippen MR) is 64.0 cm³/mol. The summed E-state index contributed by atoms with van der Waals surface area (Å²) < 4.78 is 0. The van der Waals surface area contributed by atoms with Gasteiger partial charge in [-0.25, -0.2) is 4.98 Å². The molecule has 0 spiro atoms. The molecule has 0 aliphatic carbocycles. The standard InChI is InChI=1S/C11H18N4O2/c1-6-7-12-8(10(16)14(2)3)9(13-7)11(17)15(4)5/h6H2,1-5H3,(H,12,13). The number of imidazole rings is 1. The fraction of sp³-hybridized carbons (Fsp3) is 0.545. The van der Waals surface area contributed by atoms with Gasteiger partial charge in [0, 0.05) is 34.6 Å². The molecule has 0 aromatic carbocycles. The molecular weight excluding hydrogens is 220 g/mol. The van der Waals surface area contributed by atoms with E-state index < -0.39 is 0 Å². The molecule has 6 nitrogen and oxygen atoms in total. The number of nitrogens with zero attached hydrogens (tertiary/aromatic N) is 3. The van der Waals surface area contributed by atoms with Gasteiger partial charge >= 0.3 is 0 Å². The maximum atomic E-state index is 11.9. The van der Waals surface area contributed by atoms with Gasteiger partial charge in [0.05, 0.1) is 0 Å². The van der Waals surface area contributed by atoms with Crippen molar-refractivity contribution in [1.29, 1.82) is 0 Å². The SMILES string of the molecule is CCc1nc(C(=O)N(C)C)c(C(=O)N(C)C)[nH]1. The molecule has 1 N–H and O–H groups in total. The third-order valence-electron chi connectivity index (χ3n) is 2.32. The summed E-state index contributed by atoms with van der Waals surface area (Å²) in [6.45, 7) is 1.91. The van der Waals surface area contributed by atoms with Crippen LogP contribution < -0.4 is 0 Å². The van der Waals surface area contributed by atoms with E-state index in [2.05, 4.69) is 9.97 Å². The zero-order valence-electron chi connectivity index (χ0n) is 10.9. The highest BCUT2D eigenvalue weighted by Gasteiger charge is 2.24. The highest BCUT2D eigenvalue weighted by atomic mass is 16.2. The van der Waals surface area contributed by atoms with Crippen LogP contribution in [-0.2, 0) is 6.42 Å². The van der Waals surface area contributed by atoms with Gasteiger partial charge < -0.3 is 14.8 Å². The van der Waals surface area contributed by atoms with Crippen molar-refractivity contribution in [1.82, 2.24) is 19.8 Å². The number of aryl methyl sites for hydroxylation is 1. The van der Waals surface area contributed by atoms with Gasteiger partial charge in [-0.2, -0.15) is 0 Å². The minimum Gasteiger partial charge on any atom is -0.343 e. The molecule has 0 radical (unpaired) electrons. The summed E-state index contributed by atoms with van der Waals surface area (Å²) in [7, 11) is 6.54. The van der Waals surface area contributed by atoms with E-state index in [0.29, 0.717) is 12.2 Å². The lowest BCUT2D eigenvalue weighted by Gasteiger charge is -2.12. The van der Waals surface area contributed by atoms with E-state index in [0.717, 1.165) is 0 Å². The Morgan fingerprint density at radius 3 is 2.06 bits per heavy atom. The van der Waals surface area contributed by atoms with Crippen LogP contribution in [0.25, 0.3) is 0 Å². The van der Waals surface area contributed by atoms with Crippen LogP contribution in [0.2, 0.25) is 0 Å². The molecule has 0 fully saturated rings. The van der Waals surface area contributed by atoms with Crippen molar-refractivity contribution in [3.63, 3.8) is 0 Å². The van der Waals surface area contributed by atoms with E-state index in [1.165, 1.54) is 9.80 Å². The minimum absolute atomic E-state index is 0.186. The van der Waals surface area contributed by atoms with Gasteiger partial charge in [-0.3, -0.25) is 9.59 Å². The number of nitrogens with one attached hydrogen (secondary N) is 1. The first-order valence-electron chi connectivity index (χ1n) is 5.40. The lowest BCUT2D eigenvalue weighted by Crippen LogP contribution is -2.28. The average molecular weight is 238 g/mol. The van der Waals surface area contributed by atoms with Crippen LogP contribution in [0.4, 0.5) is 0 Å². The van der Waals surface area contributed by atoms with Gasteiger partial charge in [-0.05, 0) is 0 Å². The zero-order chi connectivity index (χ0) is 13.2. The fourth-order valence-electron chi connectivity index (χ4n) is 1.33. The van der Waals surface area contributed by atoms with Gasteiger partial charge in [-0.1, -0.05) is 6.92 Å². The number of aromatic nitrogens is 2. The van der Waals surface area contributed by atoms with E-state index in [1.807, 2.05) is 6.92 Å². The molecule has 1 aromatic heterocycles. The second kappa shape index (κ2) is 4.99. The molecule has 1 heterocycles. The van der Waals surface area contributed by atoms with Crippen molar-refractivity contribution >= 4 is 11.8 Å². The van der Waals surface area contributed by atoms with Crippen LogP contribution in [0.5, 0.6) is 0 Å². The number of amides is 2. The number of carbonyl (C=O) groups excluding carboxylic acids is 2. The summed E-state index contributed by atoms with van der Waals surface area (Å²) in [5, 5.41) is 0. The van der Waals surface area contributed by atoms with Crippen molar-refractivity contribution in [3.8, 4) is 0 Å². The quantitative estimate of drug-likeness (QED) is 0.827. The third-order valence-corrected chi connectivity index (χ3v) is 2.32. The summed E-state index contributed by atoms with van der Waals surface area (Å²) in [5.74, 6) is 0.119. The molecule has 0 atom stereocenters. The molecule has 2 amide bonds. The molecular formula is C11H18N4O2. The summed E-state index contributed by atoms with van der Waals surface area (Å²) in [6.07, 6.45) is 0.647. The van der Waals surface area contributed by atoms with Crippen molar-refractivity contribution in [3.05, 3.63) is 17.2 Å². The van der Waals surface area contributed by atoms with Crippen LogP contribution in [0.15, 0.2) is 0 Å². The smallest absolute Gasteiger partial charge is 0.274 e. The predicted octanol–water partition coefficient (Wildman–Crippen LogP) is 0.376. The number of aromatic amines is 1. The molecule has 0 saturated carbocycles.